The molecule has 0 unspecified atom stereocenters. The highest BCUT2D eigenvalue weighted by Gasteiger charge is 2.13. The highest BCUT2D eigenvalue weighted by atomic mass is 16.3. The molecule has 0 spiro atoms. The van der Waals surface area contributed by atoms with E-state index in [-0.39, 0.29) is 12.4 Å². The molecule has 0 bridgehead atoms. The summed E-state index contributed by atoms with van der Waals surface area (Å²) >= 11 is 0. The third-order valence-corrected chi connectivity index (χ3v) is 4.67. The van der Waals surface area contributed by atoms with Crippen LogP contribution in [0.3, 0.4) is 0 Å². The van der Waals surface area contributed by atoms with Crippen LogP contribution in [0.2, 0.25) is 0 Å². The molecule has 2 N–H and O–H groups in total. The van der Waals surface area contributed by atoms with Gasteiger partial charge in [0.05, 0.1) is 11.9 Å². The maximum Gasteiger partial charge on any atom is 0.290 e. The second-order valence-corrected chi connectivity index (χ2v) is 6.49. The summed E-state index contributed by atoms with van der Waals surface area (Å²) in [6.07, 6.45) is 4.30. The largest absolute Gasteiger partial charge is 0.483 e. The number of aryl methyl sites for hydroxylation is 1. The minimum Gasteiger partial charge on any atom is -0.483 e. The van der Waals surface area contributed by atoms with E-state index in [1.165, 1.54) is 12.8 Å². The van der Waals surface area contributed by atoms with Crippen molar-refractivity contribution in [1.29, 1.82) is 0 Å². The molecule has 1 amide bonds. The molecule has 2 heterocycles. The molecule has 1 saturated heterocycles. The van der Waals surface area contributed by atoms with Gasteiger partial charge in [0, 0.05) is 24.2 Å². The van der Waals surface area contributed by atoms with Gasteiger partial charge in [-0.3, -0.25) is 9.59 Å². The fraction of sp³-hybridized carbons (Fsp3) is 0.400. The van der Waals surface area contributed by atoms with Crippen LogP contribution in [0.15, 0.2) is 30.5 Å². The molecule has 1 aliphatic rings. The summed E-state index contributed by atoms with van der Waals surface area (Å²) in [5.41, 5.74) is 4.62. The number of aromatic nitrogens is 2. The minimum absolute atomic E-state index is 0.0330. The van der Waals surface area contributed by atoms with Crippen LogP contribution in [0.4, 0.5) is 0 Å². The number of nitrogens with one attached hydrogen (secondary N) is 1. The number of carboxylic acid groups (broad SMARTS) is 1. The average Bonchev–Trinajstić information content (AvgIpc) is 3.18. The number of benzene rings is 1. The Hall–Kier alpha value is -2.80. The van der Waals surface area contributed by atoms with E-state index in [0.29, 0.717) is 12.1 Å². The van der Waals surface area contributed by atoms with Gasteiger partial charge < -0.3 is 15.3 Å². The van der Waals surface area contributed by atoms with Gasteiger partial charge in [0.25, 0.3) is 12.4 Å². The molecule has 0 aliphatic carbocycles. The number of hydrogen-bond donors (Lipinski definition) is 2. The number of carbonyl (C=O) groups excluding carboxylic acids is 1. The molecule has 7 heteroatoms. The van der Waals surface area contributed by atoms with Gasteiger partial charge >= 0.3 is 0 Å². The molecule has 1 fully saturated rings. The molecule has 0 radical (unpaired) electrons. The van der Waals surface area contributed by atoms with Gasteiger partial charge in [0.1, 0.15) is 0 Å². The number of carbonyl (C=O) groups is 2. The van der Waals surface area contributed by atoms with Crippen LogP contribution in [0.5, 0.6) is 0 Å². The Bertz CT molecular complexity index is 774. The van der Waals surface area contributed by atoms with Crippen molar-refractivity contribution in [2.45, 2.75) is 26.7 Å². The average molecular weight is 370 g/mol. The first-order valence-corrected chi connectivity index (χ1v) is 9.04. The van der Waals surface area contributed by atoms with Crippen LogP contribution in [-0.4, -0.2) is 58.8 Å². The van der Waals surface area contributed by atoms with Crippen molar-refractivity contribution >= 4 is 12.4 Å². The summed E-state index contributed by atoms with van der Waals surface area (Å²) in [6, 6.07) is 7.60. The zero-order valence-electron chi connectivity index (χ0n) is 15.8. The lowest BCUT2D eigenvalue weighted by atomic mass is 10.0. The first-order chi connectivity index (χ1) is 13.1. The summed E-state index contributed by atoms with van der Waals surface area (Å²) in [5, 5.41) is 18.2. The topological polar surface area (TPSA) is 95.4 Å². The van der Waals surface area contributed by atoms with Crippen molar-refractivity contribution in [1.82, 2.24) is 20.4 Å². The fourth-order valence-electron chi connectivity index (χ4n) is 3.05. The Balaban J connectivity index is 0.000000817. The van der Waals surface area contributed by atoms with Crippen LogP contribution in [0.25, 0.3) is 11.3 Å². The molecule has 3 rings (SSSR count). The van der Waals surface area contributed by atoms with Crippen molar-refractivity contribution in [2.75, 3.05) is 26.2 Å². The number of amides is 1. The SMILES string of the molecule is Cc1cnnc(-c2cccc(C(=O)NCCN3CCCC3)c2)c1C.O=CO. The summed E-state index contributed by atoms with van der Waals surface area (Å²) in [4.78, 5) is 23.1. The van der Waals surface area contributed by atoms with Crippen LogP contribution < -0.4 is 5.32 Å². The molecule has 2 aromatic rings. The maximum atomic E-state index is 12.4. The third kappa shape index (κ3) is 5.86. The molecular weight excluding hydrogens is 344 g/mol. The normalized spacial score (nSPS) is 13.6. The van der Waals surface area contributed by atoms with Crippen LogP contribution in [0.1, 0.15) is 34.3 Å². The van der Waals surface area contributed by atoms with Gasteiger partial charge in [-0.15, -0.1) is 0 Å². The predicted octanol–water partition coefficient (Wildman–Crippen LogP) is 2.29. The quantitative estimate of drug-likeness (QED) is 0.784. The Morgan fingerprint density at radius 2 is 2.00 bits per heavy atom. The smallest absolute Gasteiger partial charge is 0.290 e. The molecule has 0 atom stereocenters. The van der Waals surface area contributed by atoms with E-state index in [9.17, 15) is 4.79 Å². The highest BCUT2D eigenvalue weighted by molar-refractivity contribution is 5.95. The standard InChI is InChI=1S/C19H24N4O.CH2O2/c1-14-13-21-22-18(15(14)2)16-6-5-7-17(12-16)19(24)20-8-11-23-9-3-4-10-23;2-1-3/h5-7,12-13H,3-4,8-11H2,1-2H3,(H,20,24);1H,(H,2,3). The van der Waals surface area contributed by atoms with Crippen molar-refractivity contribution < 1.29 is 14.7 Å². The maximum absolute atomic E-state index is 12.4. The third-order valence-electron chi connectivity index (χ3n) is 4.67. The number of hydrogen-bond acceptors (Lipinski definition) is 5. The van der Waals surface area contributed by atoms with E-state index in [1.54, 1.807) is 6.20 Å². The minimum atomic E-state index is -0.250. The van der Waals surface area contributed by atoms with Gasteiger partial charge in [0.2, 0.25) is 0 Å². The van der Waals surface area contributed by atoms with Gasteiger partial charge in [-0.05, 0) is 63.0 Å². The highest BCUT2D eigenvalue weighted by Crippen LogP contribution is 2.23. The summed E-state index contributed by atoms with van der Waals surface area (Å²) in [6.45, 7) is 7.71. The fourth-order valence-corrected chi connectivity index (χ4v) is 3.05. The van der Waals surface area contributed by atoms with Gasteiger partial charge in [-0.1, -0.05) is 12.1 Å². The molecule has 0 saturated carbocycles. The molecule has 1 aliphatic heterocycles. The monoisotopic (exact) mass is 370 g/mol. The first-order valence-electron chi connectivity index (χ1n) is 9.04. The van der Waals surface area contributed by atoms with E-state index < -0.39 is 0 Å². The van der Waals surface area contributed by atoms with Gasteiger partial charge in [0.15, 0.2) is 0 Å². The lowest BCUT2D eigenvalue weighted by molar-refractivity contribution is -0.122. The van der Waals surface area contributed by atoms with Crippen molar-refractivity contribution in [3.63, 3.8) is 0 Å². The second kappa shape index (κ2) is 10.4. The van der Waals surface area contributed by atoms with E-state index in [1.807, 2.05) is 38.1 Å². The lowest BCUT2D eigenvalue weighted by Crippen LogP contribution is -2.33. The van der Waals surface area contributed by atoms with E-state index >= 15 is 0 Å². The summed E-state index contributed by atoms with van der Waals surface area (Å²) in [7, 11) is 0. The molecule has 1 aromatic heterocycles. The molecule has 144 valence electrons. The predicted molar refractivity (Wildman–Crippen MR) is 104 cm³/mol. The van der Waals surface area contributed by atoms with Gasteiger partial charge in [-0.25, -0.2) is 0 Å². The number of nitrogens with zero attached hydrogens (tertiary/aromatic N) is 3. The molecule has 7 nitrogen and oxygen atoms in total. The number of likely N-dealkylation sites (tertiary alicyclic amines) is 1. The van der Waals surface area contributed by atoms with E-state index in [4.69, 9.17) is 9.90 Å². The van der Waals surface area contributed by atoms with Gasteiger partial charge in [-0.2, -0.15) is 10.2 Å². The Kier molecular flexibility index (Phi) is 7.88. The molecule has 27 heavy (non-hydrogen) atoms. The Labute approximate surface area is 159 Å². The lowest BCUT2D eigenvalue weighted by Gasteiger charge is -2.15. The molecule has 1 aromatic carbocycles. The zero-order chi connectivity index (χ0) is 19.6. The van der Waals surface area contributed by atoms with Crippen molar-refractivity contribution in [3.8, 4) is 11.3 Å². The van der Waals surface area contributed by atoms with E-state index in [0.717, 1.165) is 42.0 Å². The van der Waals surface area contributed by atoms with Crippen molar-refractivity contribution in [3.05, 3.63) is 47.2 Å². The first kappa shape index (κ1) is 20.5. The zero-order valence-corrected chi connectivity index (χ0v) is 15.8. The second-order valence-electron chi connectivity index (χ2n) is 6.49. The Morgan fingerprint density at radius 3 is 2.70 bits per heavy atom. The van der Waals surface area contributed by atoms with Crippen LogP contribution in [0, 0.1) is 13.8 Å². The Morgan fingerprint density at radius 1 is 1.30 bits per heavy atom. The molecular formula is C20H26N4O3. The number of rotatable bonds is 5. The summed E-state index contributed by atoms with van der Waals surface area (Å²) < 4.78 is 0. The van der Waals surface area contributed by atoms with Crippen molar-refractivity contribution in [2.24, 2.45) is 0 Å². The summed E-state index contributed by atoms with van der Waals surface area (Å²) in [5.74, 6) is -0.0330. The van der Waals surface area contributed by atoms with Crippen LogP contribution in [-0.2, 0) is 4.79 Å². The van der Waals surface area contributed by atoms with E-state index in [2.05, 4.69) is 20.4 Å². The van der Waals surface area contributed by atoms with Crippen LogP contribution >= 0.6 is 0 Å².